The Labute approximate surface area is 203 Å². The van der Waals surface area contributed by atoms with Crippen LogP contribution in [0.4, 0.5) is 11.6 Å². The molecule has 0 fully saturated rings. The fraction of sp³-hybridized carbons (Fsp3) is 0.640. The maximum atomic E-state index is 10.9. The van der Waals surface area contributed by atoms with E-state index in [1.54, 1.807) is 11.8 Å². The number of aromatic nitrogens is 3. The summed E-state index contributed by atoms with van der Waals surface area (Å²) in [6.07, 6.45) is 18.4. The van der Waals surface area contributed by atoms with Crippen LogP contribution in [0.1, 0.15) is 90.9 Å². The van der Waals surface area contributed by atoms with E-state index in [1.807, 2.05) is 17.8 Å². The molecule has 0 saturated heterocycles. The highest BCUT2D eigenvalue weighted by Gasteiger charge is 2.12. The van der Waals surface area contributed by atoms with Crippen molar-refractivity contribution in [2.75, 3.05) is 16.8 Å². The lowest BCUT2D eigenvalue weighted by Gasteiger charge is -2.14. The standard InChI is InChI=1S/C25H40N4OS2/c1-3-5-7-9-11-13-15-31-21-17-22(29-25-27-19-26-20-28-25)24(30)23(18-21)32-16-14-12-10-8-6-4-2/h17-20,30H,3-16H2,1-2H3,(H,26,27,28,29). The number of unbranched alkanes of at least 4 members (excludes halogenated alkanes) is 10. The molecule has 7 heteroatoms. The minimum absolute atomic E-state index is 0.283. The zero-order valence-electron chi connectivity index (χ0n) is 19.8. The highest BCUT2D eigenvalue weighted by molar-refractivity contribution is 8.00. The Morgan fingerprint density at radius 2 is 1.31 bits per heavy atom. The first-order chi connectivity index (χ1) is 15.7. The number of nitrogens with zero attached hydrogens (tertiary/aromatic N) is 3. The van der Waals surface area contributed by atoms with E-state index in [9.17, 15) is 5.11 Å². The van der Waals surface area contributed by atoms with Crippen LogP contribution in [0.2, 0.25) is 0 Å². The lowest BCUT2D eigenvalue weighted by Crippen LogP contribution is -1.98. The summed E-state index contributed by atoms with van der Waals surface area (Å²) in [4.78, 5) is 14.3. The molecule has 1 heterocycles. The molecule has 178 valence electrons. The first-order valence-electron chi connectivity index (χ1n) is 12.3. The van der Waals surface area contributed by atoms with Crippen molar-refractivity contribution in [2.24, 2.45) is 0 Å². The topological polar surface area (TPSA) is 70.9 Å². The third-order valence-corrected chi connectivity index (χ3v) is 7.49. The molecule has 0 aliphatic carbocycles. The third-order valence-electron chi connectivity index (χ3n) is 5.31. The zero-order chi connectivity index (χ0) is 22.9. The molecular formula is C25H40N4OS2. The van der Waals surface area contributed by atoms with E-state index in [0.29, 0.717) is 11.6 Å². The molecule has 0 aliphatic rings. The minimum atomic E-state index is 0.283. The van der Waals surface area contributed by atoms with Crippen LogP contribution in [-0.4, -0.2) is 31.6 Å². The van der Waals surface area contributed by atoms with Gasteiger partial charge in [0.1, 0.15) is 12.7 Å². The number of rotatable bonds is 18. The summed E-state index contributed by atoms with van der Waals surface area (Å²) in [6, 6.07) is 4.15. The van der Waals surface area contributed by atoms with Gasteiger partial charge in [0.2, 0.25) is 5.95 Å². The van der Waals surface area contributed by atoms with E-state index in [4.69, 9.17) is 0 Å². The van der Waals surface area contributed by atoms with E-state index in [0.717, 1.165) is 16.4 Å². The van der Waals surface area contributed by atoms with Crippen molar-refractivity contribution < 1.29 is 5.11 Å². The molecule has 0 unspecified atom stereocenters. The van der Waals surface area contributed by atoms with Gasteiger partial charge < -0.3 is 10.4 Å². The molecular weight excluding hydrogens is 436 g/mol. The summed E-state index contributed by atoms with van der Waals surface area (Å²) in [5.74, 6) is 2.85. The van der Waals surface area contributed by atoms with Gasteiger partial charge in [-0.1, -0.05) is 78.1 Å². The number of hydrogen-bond donors (Lipinski definition) is 2. The monoisotopic (exact) mass is 476 g/mol. The van der Waals surface area contributed by atoms with Gasteiger partial charge in [0.25, 0.3) is 0 Å². The van der Waals surface area contributed by atoms with Gasteiger partial charge in [-0.3, -0.25) is 0 Å². The van der Waals surface area contributed by atoms with Crippen molar-refractivity contribution in [2.45, 2.75) is 101 Å². The van der Waals surface area contributed by atoms with Crippen molar-refractivity contribution >= 4 is 35.2 Å². The second-order valence-corrected chi connectivity index (χ2v) is 10.4. The highest BCUT2D eigenvalue weighted by atomic mass is 32.2. The number of nitrogens with one attached hydrogen (secondary N) is 1. The molecule has 2 aromatic rings. The van der Waals surface area contributed by atoms with Gasteiger partial charge in [-0.2, -0.15) is 0 Å². The average molecular weight is 477 g/mol. The Morgan fingerprint density at radius 1 is 0.750 bits per heavy atom. The van der Waals surface area contributed by atoms with Crippen molar-refractivity contribution in [1.29, 1.82) is 0 Å². The second kappa shape index (κ2) is 17.1. The van der Waals surface area contributed by atoms with Crippen molar-refractivity contribution in [1.82, 2.24) is 15.0 Å². The first-order valence-corrected chi connectivity index (χ1v) is 14.2. The summed E-state index contributed by atoms with van der Waals surface area (Å²) in [5.41, 5.74) is 0.662. The third kappa shape index (κ3) is 10.9. The van der Waals surface area contributed by atoms with E-state index >= 15 is 0 Å². The predicted molar refractivity (Wildman–Crippen MR) is 139 cm³/mol. The molecule has 32 heavy (non-hydrogen) atoms. The van der Waals surface area contributed by atoms with E-state index < -0.39 is 0 Å². The summed E-state index contributed by atoms with van der Waals surface area (Å²) >= 11 is 3.61. The van der Waals surface area contributed by atoms with Crippen LogP contribution in [0, 0.1) is 0 Å². The van der Waals surface area contributed by atoms with Crippen LogP contribution in [0.3, 0.4) is 0 Å². The lowest BCUT2D eigenvalue weighted by molar-refractivity contribution is 0.464. The summed E-state index contributed by atoms with van der Waals surface area (Å²) in [6.45, 7) is 4.50. The molecule has 0 spiro atoms. The quantitative estimate of drug-likeness (QED) is 0.127. The summed E-state index contributed by atoms with van der Waals surface area (Å²) < 4.78 is 0. The van der Waals surface area contributed by atoms with Gasteiger partial charge in [-0.05, 0) is 36.5 Å². The molecule has 0 amide bonds. The molecule has 0 saturated carbocycles. The van der Waals surface area contributed by atoms with Crippen LogP contribution in [0.5, 0.6) is 5.75 Å². The van der Waals surface area contributed by atoms with Crippen molar-refractivity contribution in [3.63, 3.8) is 0 Å². The number of thioether (sulfide) groups is 2. The number of hydrogen-bond acceptors (Lipinski definition) is 7. The van der Waals surface area contributed by atoms with Crippen molar-refractivity contribution in [3.05, 3.63) is 24.8 Å². The molecule has 0 bridgehead atoms. The minimum Gasteiger partial charge on any atom is -0.505 e. The van der Waals surface area contributed by atoms with Gasteiger partial charge in [-0.15, -0.1) is 23.5 Å². The normalized spacial score (nSPS) is 11.1. The summed E-state index contributed by atoms with van der Waals surface area (Å²) in [7, 11) is 0. The predicted octanol–water partition coefficient (Wildman–Crippen LogP) is 8.23. The Kier molecular flexibility index (Phi) is 14.3. The molecule has 0 aliphatic heterocycles. The van der Waals surface area contributed by atoms with Crippen LogP contribution < -0.4 is 5.32 Å². The van der Waals surface area contributed by atoms with Gasteiger partial charge >= 0.3 is 0 Å². The van der Waals surface area contributed by atoms with Gasteiger partial charge in [0.15, 0.2) is 5.75 Å². The van der Waals surface area contributed by atoms with Crippen LogP contribution in [-0.2, 0) is 0 Å². The smallest absolute Gasteiger partial charge is 0.230 e. The maximum absolute atomic E-state index is 10.9. The Hall–Kier alpha value is -1.47. The number of phenolic OH excluding ortho intramolecular Hbond substituents is 1. The van der Waals surface area contributed by atoms with E-state index in [-0.39, 0.29) is 5.75 Å². The largest absolute Gasteiger partial charge is 0.505 e. The molecule has 0 atom stereocenters. The molecule has 2 rings (SSSR count). The highest BCUT2D eigenvalue weighted by Crippen LogP contribution is 2.40. The molecule has 5 nitrogen and oxygen atoms in total. The van der Waals surface area contributed by atoms with Crippen molar-refractivity contribution in [3.8, 4) is 5.75 Å². The maximum Gasteiger partial charge on any atom is 0.230 e. The van der Waals surface area contributed by atoms with Crippen LogP contribution >= 0.6 is 23.5 Å². The first kappa shape index (κ1) is 26.8. The lowest BCUT2D eigenvalue weighted by atomic mass is 10.1. The van der Waals surface area contributed by atoms with E-state index in [1.165, 1.54) is 94.6 Å². The molecule has 1 aromatic carbocycles. The van der Waals surface area contributed by atoms with Gasteiger partial charge in [0, 0.05) is 4.90 Å². The number of anilines is 2. The van der Waals surface area contributed by atoms with Gasteiger partial charge in [-0.25, -0.2) is 15.0 Å². The molecule has 1 aromatic heterocycles. The molecule has 2 N–H and O–H groups in total. The average Bonchev–Trinajstić information content (AvgIpc) is 2.81. The molecule has 0 radical (unpaired) electrons. The summed E-state index contributed by atoms with van der Waals surface area (Å²) in [5, 5.41) is 14.0. The number of phenols is 1. The van der Waals surface area contributed by atoms with Crippen LogP contribution in [0.25, 0.3) is 0 Å². The Balaban J connectivity index is 1.94. The van der Waals surface area contributed by atoms with Gasteiger partial charge in [0.05, 0.1) is 10.6 Å². The SMILES string of the molecule is CCCCCCCCSc1cc(Nc2ncncn2)c(O)c(SCCCCCCCC)c1. The fourth-order valence-corrected chi connectivity index (χ4v) is 5.52. The van der Waals surface area contributed by atoms with Crippen LogP contribution in [0.15, 0.2) is 34.6 Å². The Bertz CT molecular complexity index is 746. The fourth-order valence-electron chi connectivity index (χ4n) is 3.43. The second-order valence-electron chi connectivity index (χ2n) is 8.14. The Morgan fingerprint density at radius 3 is 1.94 bits per heavy atom. The number of benzene rings is 1. The number of aromatic hydroxyl groups is 1. The van der Waals surface area contributed by atoms with E-state index in [2.05, 4.69) is 40.2 Å². The zero-order valence-corrected chi connectivity index (χ0v) is 21.4.